The molecule has 4 heterocycles. The van der Waals surface area contributed by atoms with Crippen molar-refractivity contribution in [1.29, 1.82) is 0 Å². The van der Waals surface area contributed by atoms with Crippen LogP contribution in [0.5, 0.6) is 0 Å². The summed E-state index contributed by atoms with van der Waals surface area (Å²) in [6.45, 7) is 12.4. The molecule has 0 atom stereocenters. The molecule has 44 heavy (non-hydrogen) atoms. The number of rotatable bonds is 5. The Labute approximate surface area is 269 Å². The van der Waals surface area contributed by atoms with Gasteiger partial charge in [-0.2, -0.15) is 0 Å². The zero-order valence-electron chi connectivity index (χ0n) is 31.3. The molecule has 0 amide bonds. The van der Waals surface area contributed by atoms with Crippen molar-refractivity contribution in [1.82, 2.24) is 9.97 Å². The Morgan fingerprint density at radius 1 is 0.727 bits per heavy atom. The number of fused-ring (bicyclic) bond motifs is 2. The van der Waals surface area contributed by atoms with E-state index >= 15 is 0 Å². The molecule has 0 spiro atoms. The fourth-order valence-electron chi connectivity index (χ4n) is 6.82. The molecule has 0 aliphatic carbocycles. The fraction of sp³-hybridized carbons (Fsp3) is 0.300. The molecule has 3 aromatic carbocycles. The van der Waals surface area contributed by atoms with Crippen molar-refractivity contribution in [3.05, 3.63) is 130 Å². The maximum Gasteiger partial charge on any atom is 0.136 e. The van der Waals surface area contributed by atoms with Crippen LogP contribution in [0.1, 0.15) is 72.5 Å². The van der Waals surface area contributed by atoms with Gasteiger partial charge >= 0.3 is 0 Å². The molecule has 5 aromatic rings. The molecule has 2 aromatic heterocycles. The monoisotopic (exact) mass is 583 g/mol. The molecule has 7 rings (SSSR count). The standard InChI is InChI=1S/C40H42N4/c1-27-19-20-41-38(23-27)43-21-9-13-31-15-17-33(24-36(31)43)40(4,5)34-18-16-32-14-10-22-44(37(32)25-34)39-29(3)28(2)35(26-42-39)30-11-7-6-8-12-30/h6-8,11-12,15-20,23-26H,9-10,13-14,21-22H2,1-5H3/i6D,7D,8D,11D,12D. The van der Waals surface area contributed by atoms with E-state index in [4.69, 9.17) is 16.8 Å². The summed E-state index contributed by atoms with van der Waals surface area (Å²) in [6.07, 6.45) is 7.72. The smallest absolute Gasteiger partial charge is 0.136 e. The molecule has 0 saturated carbocycles. The summed E-state index contributed by atoms with van der Waals surface area (Å²) in [6, 6.07) is 16.5. The normalized spacial score (nSPS) is 16.3. The van der Waals surface area contributed by atoms with E-state index < -0.39 is 6.04 Å². The second kappa shape index (κ2) is 11.2. The van der Waals surface area contributed by atoms with Gasteiger partial charge in [-0.05, 0) is 115 Å². The highest BCUT2D eigenvalue weighted by atomic mass is 15.2. The van der Waals surface area contributed by atoms with Crippen molar-refractivity contribution < 1.29 is 6.85 Å². The van der Waals surface area contributed by atoms with Gasteiger partial charge in [-0.1, -0.05) is 68.3 Å². The number of aryl methyl sites for hydroxylation is 3. The lowest BCUT2D eigenvalue weighted by atomic mass is 9.76. The third kappa shape index (κ3) is 4.96. The quantitative estimate of drug-likeness (QED) is 0.206. The van der Waals surface area contributed by atoms with Gasteiger partial charge in [0.05, 0.1) is 6.85 Å². The van der Waals surface area contributed by atoms with Gasteiger partial charge < -0.3 is 9.80 Å². The van der Waals surface area contributed by atoms with Crippen molar-refractivity contribution in [3.8, 4) is 11.1 Å². The largest absolute Gasteiger partial charge is 0.326 e. The van der Waals surface area contributed by atoms with Crippen LogP contribution in [0.4, 0.5) is 23.0 Å². The molecule has 0 fully saturated rings. The molecule has 0 unspecified atom stereocenters. The average Bonchev–Trinajstić information content (AvgIpc) is 3.11. The van der Waals surface area contributed by atoms with Crippen molar-refractivity contribution in [3.63, 3.8) is 0 Å². The first kappa shape index (κ1) is 23.0. The van der Waals surface area contributed by atoms with Gasteiger partial charge in [0, 0.05) is 47.8 Å². The molecule has 2 aliphatic heterocycles. The Morgan fingerprint density at radius 2 is 1.36 bits per heavy atom. The molecule has 0 radical (unpaired) electrons. The van der Waals surface area contributed by atoms with Gasteiger partial charge in [-0.15, -0.1) is 0 Å². The van der Waals surface area contributed by atoms with E-state index in [2.05, 4.69) is 73.0 Å². The summed E-state index contributed by atoms with van der Waals surface area (Å²) in [5, 5.41) is 0. The lowest BCUT2D eigenvalue weighted by Gasteiger charge is -2.36. The van der Waals surface area contributed by atoms with Crippen LogP contribution in [0.15, 0.2) is 91.1 Å². The van der Waals surface area contributed by atoms with Crippen LogP contribution >= 0.6 is 0 Å². The minimum absolute atomic E-state index is 0.190. The van der Waals surface area contributed by atoms with Crippen LogP contribution in [-0.2, 0) is 18.3 Å². The van der Waals surface area contributed by atoms with E-state index in [9.17, 15) is 0 Å². The van der Waals surface area contributed by atoms with Crippen LogP contribution in [0.25, 0.3) is 11.1 Å². The topological polar surface area (TPSA) is 32.3 Å². The predicted octanol–water partition coefficient (Wildman–Crippen LogP) is 9.56. The Balaban J connectivity index is 1.27. The van der Waals surface area contributed by atoms with Gasteiger partial charge in [0.25, 0.3) is 0 Å². The Morgan fingerprint density at radius 3 is 2.02 bits per heavy atom. The maximum atomic E-state index is 8.54. The lowest BCUT2D eigenvalue weighted by molar-refractivity contribution is 0.636. The van der Waals surface area contributed by atoms with Crippen LogP contribution in [-0.4, -0.2) is 23.1 Å². The Bertz CT molecular complexity index is 2100. The zero-order chi connectivity index (χ0) is 34.8. The average molecular weight is 584 g/mol. The predicted molar refractivity (Wildman–Crippen MR) is 184 cm³/mol. The Kier molecular flexibility index (Phi) is 5.88. The van der Waals surface area contributed by atoms with E-state index in [0.717, 1.165) is 67.2 Å². The number of benzene rings is 3. The number of aromatic nitrogens is 2. The van der Waals surface area contributed by atoms with Crippen LogP contribution < -0.4 is 9.80 Å². The summed E-state index contributed by atoms with van der Waals surface area (Å²) < 4.78 is 41.5. The van der Waals surface area contributed by atoms with Crippen molar-refractivity contribution in [2.75, 3.05) is 22.9 Å². The molecule has 0 N–H and O–H groups in total. The number of anilines is 4. The molecular formula is C40H42N4. The van der Waals surface area contributed by atoms with E-state index in [1.807, 2.05) is 26.1 Å². The number of hydrogen-bond donors (Lipinski definition) is 0. The molecule has 4 heteroatoms. The minimum atomic E-state index is -0.391. The SMILES string of the molecule is [2H]c1c([2H])c([2H])c(-c2cnc(N3CCCc4ccc(C(C)(C)c5ccc6c(c5)N(c5cc(C)ccn5)CCC6)cc43)c(C)c2C)c([2H])c1[2H]. The first-order chi connectivity index (χ1) is 23.4. The van der Waals surface area contributed by atoms with Crippen molar-refractivity contribution >= 4 is 23.0 Å². The van der Waals surface area contributed by atoms with E-state index in [1.54, 1.807) is 6.20 Å². The lowest BCUT2D eigenvalue weighted by Crippen LogP contribution is -2.28. The van der Waals surface area contributed by atoms with Crippen molar-refractivity contribution in [2.24, 2.45) is 0 Å². The highest BCUT2D eigenvalue weighted by Gasteiger charge is 2.30. The summed E-state index contributed by atoms with van der Waals surface area (Å²) in [4.78, 5) is 14.3. The van der Waals surface area contributed by atoms with Crippen molar-refractivity contribution in [2.45, 2.75) is 65.7 Å². The number of hydrogen-bond acceptors (Lipinski definition) is 4. The molecule has 0 saturated heterocycles. The van der Waals surface area contributed by atoms with E-state index in [-0.39, 0.29) is 35.1 Å². The van der Waals surface area contributed by atoms with E-state index in [1.165, 1.54) is 33.5 Å². The summed E-state index contributed by atoms with van der Waals surface area (Å²) >= 11 is 0. The third-order valence-electron chi connectivity index (χ3n) is 9.67. The Hall–Kier alpha value is -4.44. The highest BCUT2D eigenvalue weighted by molar-refractivity contribution is 5.75. The van der Waals surface area contributed by atoms with Gasteiger partial charge in [0.2, 0.25) is 0 Å². The zero-order valence-corrected chi connectivity index (χ0v) is 26.3. The molecule has 222 valence electrons. The van der Waals surface area contributed by atoms with Gasteiger partial charge in [0.15, 0.2) is 0 Å². The molecule has 0 bridgehead atoms. The van der Waals surface area contributed by atoms with Gasteiger partial charge in [-0.3, -0.25) is 0 Å². The first-order valence-corrected chi connectivity index (χ1v) is 15.7. The molecular weight excluding hydrogens is 536 g/mol. The number of pyridine rings is 2. The first-order valence-electron chi connectivity index (χ1n) is 18.2. The minimum Gasteiger partial charge on any atom is -0.326 e. The summed E-state index contributed by atoms with van der Waals surface area (Å²) in [5.41, 5.74) is 11.0. The molecule has 4 nitrogen and oxygen atoms in total. The summed E-state index contributed by atoms with van der Waals surface area (Å²) in [5.74, 6) is 1.83. The molecule has 2 aliphatic rings. The second-order valence-corrected chi connectivity index (χ2v) is 12.8. The van der Waals surface area contributed by atoms with Gasteiger partial charge in [-0.25, -0.2) is 9.97 Å². The highest BCUT2D eigenvalue weighted by Crippen LogP contribution is 2.43. The maximum absolute atomic E-state index is 8.54. The van der Waals surface area contributed by atoms with Crippen LogP contribution in [0.3, 0.4) is 0 Å². The van der Waals surface area contributed by atoms with Crippen LogP contribution in [0.2, 0.25) is 0 Å². The third-order valence-corrected chi connectivity index (χ3v) is 9.67. The summed E-state index contributed by atoms with van der Waals surface area (Å²) in [7, 11) is 0. The fourth-order valence-corrected chi connectivity index (χ4v) is 6.82. The second-order valence-electron chi connectivity index (χ2n) is 12.8. The number of nitrogens with zero attached hydrogens (tertiary/aromatic N) is 4. The van der Waals surface area contributed by atoms with Crippen LogP contribution in [0, 0.1) is 20.8 Å². The van der Waals surface area contributed by atoms with Gasteiger partial charge in [0.1, 0.15) is 11.6 Å². The van der Waals surface area contributed by atoms with E-state index in [0.29, 0.717) is 5.56 Å².